The van der Waals surface area contributed by atoms with E-state index in [2.05, 4.69) is 4.99 Å². The standard InChI is InChI=1S/C29H23FN2O6S/c1-4-37-28(35)24-16(2)31-29-32(25(24)17-8-10-20(30)11-9-17)26(33)23(39-29)15-21-12-13-22(38-21)18-6-5-7-19(14-18)27(34)36-3/h5-15,25H,4H2,1-3H3/b23-15+. The molecule has 0 bridgehead atoms. The molecule has 2 aromatic heterocycles. The smallest absolute Gasteiger partial charge is 0.338 e. The molecule has 5 rings (SSSR count). The van der Waals surface area contributed by atoms with Gasteiger partial charge in [0.1, 0.15) is 17.3 Å². The van der Waals surface area contributed by atoms with E-state index >= 15 is 0 Å². The maximum absolute atomic E-state index is 13.7. The van der Waals surface area contributed by atoms with Crippen LogP contribution in [0.5, 0.6) is 0 Å². The molecule has 8 nitrogen and oxygen atoms in total. The lowest BCUT2D eigenvalue weighted by atomic mass is 9.96. The minimum atomic E-state index is -0.837. The fraction of sp³-hybridized carbons (Fsp3) is 0.172. The Bertz CT molecular complexity index is 1800. The third-order valence-corrected chi connectivity index (χ3v) is 7.15. The average Bonchev–Trinajstić information content (AvgIpc) is 3.52. The van der Waals surface area contributed by atoms with Gasteiger partial charge in [-0.05, 0) is 55.8 Å². The van der Waals surface area contributed by atoms with E-state index in [1.807, 2.05) is 0 Å². The summed E-state index contributed by atoms with van der Waals surface area (Å²) in [6, 6.07) is 15.1. The Labute approximate surface area is 226 Å². The van der Waals surface area contributed by atoms with Crippen LogP contribution in [-0.4, -0.2) is 30.2 Å². The van der Waals surface area contributed by atoms with E-state index in [0.29, 0.717) is 43.2 Å². The van der Waals surface area contributed by atoms with Crippen LogP contribution in [0, 0.1) is 5.82 Å². The number of thiazole rings is 1. The molecule has 39 heavy (non-hydrogen) atoms. The van der Waals surface area contributed by atoms with Crippen LogP contribution in [0.1, 0.15) is 41.6 Å². The third-order valence-electron chi connectivity index (χ3n) is 6.17. The van der Waals surface area contributed by atoms with E-state index in [9.17, 15) is 18.8 Å². The highest BCUT2D eigenvalue weighted by molar-refractivity contribution is 7.07. The Morgan fingerprint density at radius 2 is 1.90 bits per heavy atom. The van der Waals surface area contributed by atoms with Gasteiger partial charge in [-0.2, -0.15) is 0 Å². The van der Waals surface area contributed by atoms with Crippen molar-refractivity contribution >= 4 is 29.4 Å². The summed E-state index contributed by atoms with van der Waals surface area (Å²) in [4.78, 5) is 43.4. The minimum Gasteiger partial charge on any atom is -0.465 e. The van der Waals surface area contributed by atoms with Crippen LogP contribution < -0.4 is 14.9 Å². The first-order chi connectivity index (χ1) is 18.8. The van der Waals surface area contributed by atoms with Crippen molar-refractivity contribution < 1.29 is 27.9 Å². The second-order valence-electron chi connectivity index (χ2n) is 8.63. The van der Waals surface area contributed by atoms with Crippen LogP contribution in [0.15, 0.2) is 86.1 Å². The molecule has 3 heterocycles. The highest BCUT2D eigenvalue weighted by Gasteiger charge is 2.33. The second kappa shape index (κ2) is 10.7. The molecule has 10 heteroatoms. The van der Waals surface area contributed by atoms with Crippen molar-refractivity contribution in [2.24, 2.45) is 4.99 Å². The molecule has 0 saturated carbocycles. The molecule has 0 spiro atoms. The lowest BCUT2D eigenvalue weighted by Gasteiger charge is -2.24. The van der Waals surface area contributed by atoms with Crippen LogP contribution in [0.3, 0.4) is 0 Å². The number of nitrogens with zero attached hydrogens (tertiary/aromatic N) is 2. The maximum atomic E-state index is 13.7. The lowest BCUT2D eigenvalue weighted by molar-refractivity contribution is -0.139. The van der Waals surface area contributed by atoms with Crippen LogP contribution >= 0.6 is 11.3 Å². The zero-order valence-corrected chi connectivity index (χ0v) is 22.1. The molecule has 1 aliphatic rings. The van der Waals surface area contributed by atoms with Gasteiger partial charge in [0.25, 0.3) is 5.56 Å². The van der Waals surface area contributed by atoms with E-state index in [0.717, 1.165) is 11.3 Å². The average molecular weight is 547 g/mol. The summed E-state index contributed by atoms with van der Waals surface area (Å²) < 4.78 is 31.5. The van der Waals surface area contributed by atoms with Crippen molar-refractivity contribution in [1.29, 1.82) is 0 Å². The highest BCUT2D eigenvalue weighted by atomic mass is 32.1. The Kier molecular flexibility index (Phi) is 7.12. The first-order valence-corrected chi connectivity index (χ1v) is 12.9. The number of hydrogen-bond acceptors (Lipinski definition) is 8. The quantitative estimate of drug-likeness (QED) is 0.339. The highest BCUT2D eigenvalue weighted by Crippen LogP contribution is 2.31. The Morgan fingerprint density at radius 1 is 1.13 bits per heavy atom. The lowest BCUT2D eigenvalue weighted by Crippen LogP contribution is -2.39. The summed E-state index contributed by atoms with van der Waals surface area (Å²) in [7, 11) is 1.31. The van der Waals surface area contributed by atoms with Crippen molar-refractivity contribution in [2.75, 3.05) is 13.7 Å². The zero-order valence-electron chi connectivity index (χ0n) is 21.3. The number of esters is 2. The van der Waals surface area contributed by atoms with E-state index < -0.39 is 23.8 Å². The fourth-order valence-electron chi connectivity index (χ4n) is 4.38. The Hall–Kier alpha value is -4.57. The molecule has 0 radical (unpaired) electrons. The van der Waals surface area contributed by atoms with E-state index in [1.54, 1.807) is 56.3 Å². The summed E-state index contributed by atoms with van der Waals surface area (Å²) in [5.41, 5.74) is 1.86. The molecule has 0 aliphatic carbocycles. The van der Waals surface area contributed by atoms with E-state index in [4.69, 9.17) is 13.9 Å². The number of hydrogen-bond donors (Lipinski definition) is 0. The number of furan rings is 1. The largest absolute Gasteiger partial charge is 0.465 e. The molecule has 0 saturated heterocycles. The Balaban J connectivity index is 1.60. The number of halogens is 1. The van der Waals surface area contributed by atoms with Crippen LogP contribution in [0.4, 0.5) is 4.39 Å². The van der Waals surface area contributed by atoms with Crippen molar-refractivity contribution in [3.63, 3.8) is 0 Å². The normalized spacial score (nSPS) is 15.1. The number of carbonyl (C=O) groups excluding carboxylic acids is 2. The predicted octanol–water partition coefficient (Wildman–Crippen LogP) is 3.98. The summed E-state index contributed by atoms with van der Waals surface area (Å²) in [6.45, 7) is 3.53. The van der Waals surface area contributed by atoms with Crippen molar-refractivity contribution in [1.82, 2.24) is 4.57 Å². The third kappa shape index (κ3) is 4.98. The molecule has 1 atom stereocenters. The molecule has 0 fully saturated rings. The molecule has 0 amide bonds. The molecule has 1 aliphatic heterocycles. The van der Waals surface area contributed by atoms with Gasteiger partial charge in [-0.15, -0.1) is 0 Å². The predicted molar refractivity (Wildman–Crippen MR) is 142 cm³/mol. The molecule has 1 unspecified atom stereocenters. The van der Waals surface area contributed by atoms with Crippen LogP contribution in [0.2, 0.25) is 0 Å². The Morgan fingerprint density at radius 3 is 2.62 bits per heavy atom. The molecule has 2 aromatic carbocycles. The SMILES string of the molecule is CCOC(=O)C1=C(C)N=c2s/c(=C/c3ccc(-c4cccc(C(=O)OC)c4)o3)c(=O)n2C1c1ccc(F)cc1. The number of rotatable bonds is 6. The van der Waals surface area contributed by atoms with Gasteiger partial charge < -0.3 is 13.9 Å². The van der Waals surface area contributed by atoms with Crippen molar-refractivity contribution in [2.45, 2.75) is 19.9 Å². The van der Waals surface area contributed by atoms with Crippen LogP contribution in [-0.2, 0) is 14.3 Å². The number of ether oxygens (including phenoxy) is 2. The first kappa shape index (κ1) is 26.1. The van der Waals surface area contributed by atoms with E-state index in [-0.39, 0.29) is 17.7 Å². The van der Waals surface area contributed by atoms with Gasteiger partial charge in [0, 0.05) is 11.6 Å². The summed E-state index contributed by atoms with van der Waals surface area (Å²) in [6.07, 6.45) is 1.60. The number of benzene rings is 2. The molecule has 0 N–H and O–H groups in total. The number of carbonyl (C=O) groups is 2. The zero-order chi connectivity index (χ0) is 27.7. The molecule has 198 valence electrons. The summed E-state index contributed by atoms with van der Waals surface area (Å²) >= 11 is 1.15. The summed E-state index contributed by atoms with van der Waals surface area (Å²) in [5, 5.41) is 0. The number of allylic oxidation sites excluding steroid dienone is 1. The monoisotopic (exact) mass is 546 g/mol. The number of aromatic nitrogens is 1. The number of methoxy groups -OCH3 is 1. The minimum absolute atomic E-state index is 0.152. The molecular formula is C29H23FN2O6S. The maximum Gasteiger partial charge on any atom is 0.338 e. The number of fused-ring (bicyclic) bond motifs is 1. The van der Waals surface area contributed by atoms with Gasteiger partial charge in [-0.1, -0.05) is 35.6 Å². The molecular weight excluding hydrogens is 523 g/mol. The first-order valence-electron chi connectivity index (χ1n) is 12.0. The van der Waals surface area contributed by atoms with Gasteiger partial charge in [0.05, 0.1) is 41.1 Å². The van der Waals surface area contributed by atoms with Gasteiger partial charge in [0.2, 0.25) is 0 Å². The summed E-state index contributed by atoms with van der Waals surface area (Å²) in [5.74, 6) is -0.566. The van der Waals surface area contributed by atoms with Gasteiger partial charge >= 0.3 is 11.9 Å². The van der Waals surface area contributed by atoms with Gasteiger partial charge in [0.15, 0.2) is 4.80 Å². The van der Waals surface area contributed by atoms with Crippen LogP contribution in [0.25, 0.3) is 17.4 Å². The topological polar surface area (TPSA) is 100 Å². The van der Waals surface area contributed by atoms with Crippen molar-refractivity contribution in [3.05, 3.63) is 114 Å². The van der Waals surface area contributed by atoms with Gasteiger partial charge in [-0.3, -0.25) is 9.36 Å². The second-order valence-corrected chi connectivity index (χ2v) is 9.64. The van der Waals surface area contributed by atoms with Gasteiger partial charge in [-0.25, -0.2) is 19.0 Å². The molecule has 4 aromatic rings. The van der Waals surface area contributed by atoms with Crippen molar-refractivity contribution in [3.8, 4) is 11.3 Å². The van der Waals surface area contributed by atoms with E-state index in [1.165, 1.54) is 35.9 Å². The fourth-order valence-corrected chi connectivity index (χ4v) is 5.41.